The fourth-order valence-electron chi connectivity index (χ4n) is 6.67. The van der Waals surface area contributed by atoms with Gasteiger partial charge in [0.15, 0.2) is 0 Å². The maximum Gasteiger partial charge on any atom is 0.124 e. The summed E-state index contributed by atoms with van der Waals surface area (Å²) in [6, 6.07) is 67.7. The molecule has 258 valence electrons. The van der Waals surface area contributed by atoms with E-state index in [1.807, 2.05) is 133 Å². The monoisotopic (exact) mass is 696 g/mol. The summed E-state index contributed by atoms with van der Waals surface area (Å²) < 4.78 is 0. The molecule has 0 saturated carbocycles. The van der Waals surface area contributed by atoms with Crippen LogP contribution in [0.4, 0.5) is 11.4 Å². The van der Waals surface area contributed by atoms with E-state index in [1.54, 1.807) is 12.1 Å². The maximum absolute atomic E-state index is 11.1. The molecule has 0 aliphatic heterocycles. The number of phenols is 2. The molecular weight excluding hydrogens is 661 g/mol. The summed E-state index contributed by atoms with van der Waals surface area (Å²) >= 11 is 0. The van der Waals surface area contributed by atoms with E-state index in [1.165, 1.54) is 0 Å². The van der Waals surface area contributed by atoms with Crippen molar-refractivity contribution in [3.8, 4) is 44.9 Å². The quantitative estimate of drug-likeness (QED) is 0.148. The first-order valence-electron chi connectivity index (χ1n) is 17.9. The van der Waals surface area contributed by atoms with Crippen LogP contribution in [0.1, 0.15) is 22.3 Å². The molecular formula is C50H36N2O2. The molecule has 0 fully saturated rings. The Labute approximate surface area is 315 Å². The van der Waals surface area contributed by atoms with Gasteiger partial charge in [0.2, 0.25) is 0 Å². The maximum atomic E-state index is 11.1. The molecule has 0 bridgehead atoms. The van der Waals surface area contributed by atoms with Crippen LogP contribution in [-0.4, -0.2) is 21.6 Å². The van der Waals surface area contributed by atoms with Gasteiger partial charge in [-0.05, 0) is 58.7 Å². The third-order valence-corrected chi connectivity index (χ3v) is 9.38. The minimum absolute atomic E-state index is 0.147. The Kier molecular flexibility index (Phi) is 9.72. The molecule has 0 heterocycles. The highest BCUT2D eigenvalue weighted by molar-refractivity contribution is 6.17. The van der Waals surface area contributed by atoms with Crippen molar-refractivity contribution in [1.29, 1.82) is 0 Å². The summed E-state index contributed by atoms with van der Waals surface area (Å²) in [4.78, 5) is 10.8. The molecule has 4 heteroatoms. The predicted molar refractivity (Wildman–Crippen MR) is 222 cm³/mol. The highest BCUT2D eigenvalue weighted by Gasteiger charge is 2.19. The van der Waals surface area contributed by atoms with Crippen LogP contribution in [0.25, 0.3) is 33.4 Å². The number of hydrogen-bond acceptors (Lipinski definition) is 4. The summed E-state index contributed by atoms with van der Waals surface area (Å²) in [5.41, 5.74) is 11.6. The van der Waals surface area contributed by atoms with Crippen LogP contribution < -0.4 is 0 Å². The third-order valence-electron chi connectivity index (χ3n) is 9.38. The van der Waals surface area contributed by atoms with E-state index in [2.05, 4.69) is 60.7 Å². The molecule has 0 spiro atoms. The van der Waals surface area contributed by atoms with Gasteiger partial charge in [0, 0.05) is 33.4 Å². The van der Waals surface area contributed by atoms with Crippen LogP contribution in [-0.2, 0) is 0 Å². The van der Waals surface area contributed by atoms with Gasteiger partial charge in [-0.25, -0.2) is 9.98 Å². The largest absolute Gasteiger partial charge is 0.507 e. The highest BCUT2D eigenvalue weighted by atomic mass is 16.3. The Morgan fingerprint density at radius 2 is 0.648 bits per heavy atom. The molecule has 0 atom stereocenters. The number of hydrogen-bond donors (Lipinski definition) is 2. The Hall–Kier alpha value is -7.30. The Balaban J connectivity index is 1.43. The van der Waals surface area contributed by atoms with Crippen molar-refractivity contribution in [2.24, 2.45) is 9.98 Å². The van der Waals surface area contributed by atoms with Gasteiger partial charge in [-0.1, -0.05) is 170 Å². The number of aromatic hydroxyl groups is 2. The fourth-order valence-corrected chi connectivity index (χ4v) is 6.67. The zero-order valence-corrected chi connectivity index (χ0v) is 29.4. The van der Waals surface area contributed by atoms with Gasteiger partial charge >= 0.3 is 0 Å². The van der Waals surface area contributed by atoms with Gasteiger partial charge in [-0.3, -0.25) is 0 Å². The van der Waals surface area contributed by atoms with Crippen molar-refractivity contribution < 1.29 is 10.2 Å². The average molecular weight is 697 g/mol. The van der Waals surface area contributed by atoms with E-state index in [0.29, 0.717) is 33.9 Å². The topological polar surface area (TPSA) is 65.2 Å². The van der Waals surface area contributed by atoms with Crippen molar-refractivity contribution in [2.75, 3.05) is 0 Å². The van der Waals surface area contributed by atoms with Crippen LogP contribution in [0.15, 0.2) is 216 Å². The number of aliphatic imine (C=N–C) groups is 2. The second kappa shape index (κ2) is 15.5. The van der Waals surface area contributed by atoms with E-state index in [0.717, 1.165) is 44.5 Å². The lowest BCUT2D eigenvalue weighted by molar-refractivity contribution is 0.473. The van der Waals surface area contributed by atoms with Gasteiger partial charge in [-0.15, -0.1) is 0 Å². The lowest BCUT2D eigenvalue weighted by Crippen LogP contribution is -2.04. The number of nitrogens with zero attached hydrogens (tertiary/aromatic N) is 2. The Morgan fingerprint density at radius 3 is 1.02 bits per heavy atom. The third kappa shape index (κ3) is 7.22. The van der Waals surface area contributed by atoms with E-state index in [4.69, 9.17) is 9.98 Å². The molecule has 2 N–H and O–H groups in total. The van der Waals surface area contributed by atoms with Crippen molar-refractivity contribution >= 4 is 22.8 Å². The zero-order chi connectivity index (χ0) is 36.7. The highest BCUT2D eigenvalue weighted by Crippen LogP contribution is 2.42. The lowest BCUT2D eigenvalue weighted by Gasteiger charge is -2.17. The van der Waals surface area contributed by atoms with Gasteiger partial charge in [0.05, 0.1) is 22.8 Å². The van der Waals surface area contributed by atoms with Crippen molar-refractivity contribution in [3.63, 3.8) is 0 Å². The molecule has 0 aromatic heterocycles. The molecule has 8 aromatic rings. The predicted octanol–water partition coefficient (Wildman–Crippen LogP) is 12.4. The standard InChI is InChI=1S/C50H36N2O2/c53-47-27-15-13-25-43(47)49(37-21-9-3-10-22-37)51-45-33-39(35-17-5-1-6-18-35)29-31-41(45)42-32-30-40(36-19-7-2-8-20-36)34-46(42)52-50(38-23-11-4-12-24-38)44-26-14-16-28-48(44)54/h1-34,53-54H. The second-order valence-corrected chi connectivity index (χ2v) is 12.9. The molecule has 0 unspecified atom stereocenters. The van der Waals surface area contributed by atoms with E-state index in [-0.39, 0.29) is 11.5 Å². The van der Waals surface area contributed by atoms with Crippen LogP contribution in [0, 0.1) is 0 Å². The summed E-state index contributed by atoms with van der Waals surface area (Å²) in [6.45, 7) is 0. The molecule has 0 amide bonds. The number of benzene rings is 8. The first kappa shape index (κ1) is 33.8. The van der Waals surface area contributed by atoms with Crippen LogP contribution in [0.2, 0.25) is 0 Å². The first-order valence-corrected chi connectivity index (χ1v) is 17.9. The normalized spacial score (nSPS) is 11.7. The average Bonchev–Trinajstić information content (AvgIpc) is 3.24. The molecule has 8 aromatic carbocycles. The van der Waals surface area contributed by atoms with Crippen LogP contribution >= 0.6 is 0 Å². The molecule has 0 aliphatic rings. The minimum atomic E-state index is 0.147. The van der Waals surface area contributed by atoms with E-state index in [9.17, 15) is 10.2 Å². The SMILES string of the molecule is Oc1ccccc1C(=Nc1cc(-c2ccccc2)ccc1-c1ccc(-c2ccccc2)cc1N=C(c1ccccc1)c1ccccc1O)c1ccccc1. The van der Waals surface area contributed by atoms with E-state index >= 15 is 0 Å². The Morgan fingerprint density at radius 1 is 0.315 bits per heavy atom. The summed E-state index contributed by atoms with van der Waals surface area (Å²) in [7, 11) is 0. The number of phenolic OH excluding ortho intramolecular Hbond substituents is 2. The van der Waals surface area contributed by atoms with Crippen molar-refractivity contribution in [1.82, 2.24) is 0 Å². The molecule has 0 radical (unpaired) electrons. The number of rotatable bonds is 9. The van der Waals surface area contributed by atoms with Crippen LogP contribution in [0.5, 0.6) is 11.5 Å². The first-order chi connectivity index (χ1) is 26.6. The van der Waals surface area contributed by atoms with Gasteiger partial charge in [-0.2, -0.15) is 0 Å². The zero-order valence-electron chi connectivity index (χ0n) is 29.4. The van der Waals surface area contributed by atoms with Crippen LogP contribution in [0.3, 0.4) is 0 Å². The number of para-hydroxylation sites is 2. The molecule has 0 aliphatic carbocycles. The van der Waals surface area contributed by atoms with Crippen molar-refractivity contribution in [2.45, 2.75) is 0 Å². The van der Waals surface area contributed by atoms with Gasteiger partial charge in [0.1, 0.15) is 11.5 Å². The van der Waals surface area contributed by atoms with Gasteiger partial charge < -0.3 is 10.2 Å². The molecule has 8 rings (SSSR count). The Bertz CT molecular complexity index is 2410. The fraction of sp³-hybridized carbons (Fsp3) is 0. The summed E-state index contributed by atoms with van der Waals surface area (Å²) in [6.07, 6.45) is 0. The van der Waals surface area contributed by atoms with Crippen molar-refractivity contribution in [3.05, 3.63) is 229 Å². The minimum Gasteiger partial charge on any atom is -0.507 e. The summed E-state index contributed by atoms with van der Waals surface area (Å²) in [5.74, 6) is 0.294. The second-order valence-electron chi connectivity index (χ2n) is 12.9. The summed E-state index contributed by atoms with van der Waals surface area (Å²) in [5, 5.41) is 22.3. The smallest absolute Gasteiger partial charge is 0.124 e. The molecule has 54 heavy (non-hydrogen) atoms. The molecule has 0 saturated heterocycles. The van der Waals surface area contributed by atoms with E-state index < -0.39 is 0 Å². The lowest BCUT2D eigenvalue weighted by atomic mass is 9.94. The van der Waals surface area contributed by atoms with Gasteiger partial charge in [0.25, 0.3) is 0 Å². The molecule has 4 nitrogen and oxygen atoms in total.